The summed E-state index contributed by atoms with van der Waals surface area (Å²) in [4.78, 5) is 2.39. The van der Waals surface area contributed by atoms with E-state index in [2.05, 4.69) is 205 Å². The van der Waals surface area contributed by atoms with E-state index in [-0.39, 0.29) is 0 Å². The first kappa shape index (κ1) is 28.8. The van der Waals surface area contributed by atoms with Crippen LogP contribution < -0.4 is 4.90 Å². The topological polar surface area (TPSA) is 3.24 Å². The molecular weight excluding hydrogens is 591 g/mol. The first-order valence-electron chi connectivity index (χ1n) is 16.8. The molecule has 0 atom stereocenters. The van der Waals surface area contributed by atoms with Gasteiger partial charge >= 0.3 is 0 Å². The van der Waals surface area contributed by atoms with Gasteiger partial charge in [-0.3, -0.25) is 0 Å². The molecule has 0 saturated carbocycles. The van der Waals surface area contributed by atoms with Gasteiger partial charge < -0.3 is 4.90 Å². The average molecular weight is 624 g/mol. The molecule has 9 rings (SSSR count). The highest BCUT2D eigenvalue weighted by Gasteiger charge is 2.18. The van der Waals surface area contributed by atoms with E-state index in [4.69, 9.17) is 0 Å². The Labute approximate surface area is 287 Å². The van der Waals surface area contributed by atoms with Crippen molar-refractivity contribution in [3.8, 4) is 33.4 Å². The highest BCUT2D eigenvalue weighted by atomic mass is 15.1. The van der Waals surface area contributed by atoms with Crippen LogP contribution >= 0.6 is 0 Å². The predicted molar refractivity (Wildman–Crippen MR) is 210 cm³/mol. The summed E-state index contributed by atoms with van der Waals surface area (Å²) >= 11 is 0. The number of para-hydroxylation sites is 1. The lowest BCUT2D eigenvalue weighted by molar-refractivity contribution is 1.28. The highest BCUT2D eigenvalue weighted by Crippen LogP contribution is 2.43. The van der Waals surface area contributed by atoms with Crippen molar-refractivity contribution < 1.29 is 0 Å². The predicted octanol–water partition coefficient (Wildman–Crippen LogP) is 13.6. The van der Waals surface area contributed by atoms with Crippen LogP contribution in [0.5, 0.6) is 0 Å². The number of hydrogen-bond donors (Lipinski definition) is 0. The molecule has 0 aliphatic rings. The normalized spacial score (nSPS) is 11.3. The Bertz CT molecular complexity index is 2580. The minimum absolute atomic E-state index is 1.11. The molecule has 9 aromatic rings. The first-order valence-corrected chi connectivity index (χ1v) is 16.8. The lowest BCUT2D eigenvalue weighted by atomic mass is 9.93. The molecule has 49 heavy (non-hydrogen) atoms. The molecule has 0 heterocycles. The number of anilines is 3. The fourth-order valence-electron chi connectivity index (χ4n) is 7.21. The molecule has 0 spiro atoms. The molecule has 0 fully saturated rings. The molecule has 0 aliphatic carbocycles. The zero-order valence-electron chi connectivity index (χ0n) is 27.0. The molecule has 0 aliphatic heterocycles. The van der Waals surface area contributed by atoms with Crippen molar-refractivity contribution in [2.45, 2.75) is 0 Å². The molecule has 9 aromatic carbocycles. The molecule has 0 aromatic heterocycles. The summed E-state index contributed by atoms with van der Waals surface area (Å²) in [6, 6.07) is 72.5. The van der Waals surface area contributed by atoms with Crippen molar-refractivity contribution in [3.63, 3.8) is 0 Å². The maximum atomic E-state index is 2.39. The van der Waals surface area contributed by atoms with E-state index in [1.54, 1.807) is 0 Å². The third kappa shape index (κ3) is 5.32. The third-order valence-corrected chi connectivity index (χ3v) is 9.64. The van der Waals surface area contributed by atoms with E-state index in [1.807, 2.05) is 0 Å². The van der Waals surface area contributed by atoms with Gasteiger partial charge in [-0.05, 0) is 103 Å². The molecule has 230 valence electrons. The van der Waals surface area contributed by atoms with Crippen molar-refractivity contribution in [3.05, 3.63) is 200 Å². The van der Waals surface area contributed by atoms with Gasteiger partial charge in [0.15, 0.2) is 0 Å². The Morgan fingerprint density at radius 1 is 0.265 bits per heavy atom. The summed E-state index contributed by atoms with van der Waals surface area (Å²) in [6.07, 6.45) is 0. The molecule has 0 bridgehead atoms. The Kier molecular flexibility index (Phi) is 7.22. The Morgan fingerprint density at radius 3 is 1.55 bits per heavy atom. The lowest BCUT2D eigenvalue weighted by Crippen LogP contribution is -2.11. The van der Waals surface area contributed by atoms with Gasteiger partial charge in [0.25, 0.3) is 0 Å². The summed E-state index contributed by atoms with van der Waals surface area (Å²) in [6.45, 7) is 0. The van der Waals surface area contributed by atoms with E-state index >= 15 is 0 Å². The minimum Gasteiger partial charge on any atom is -0.310 e. The van der Waals surface area contributed by atoms with Crippen LogP contribution in [0.1, 0.15) is 0 Å². The molecule has 0 N–H and O–H groups in total. The smallest absolute Gasteiger partial charge is 0.0540 e. The van der Waals surface area contributed by atoms with Crippen LogP contribution in [0.25, 0.3) is 65.7 Å². The van der Waals surface area contributed by atoms with Gasteiger partial charge in [-0.25, -0.2) is 0 Å². The van der Waals surface area contributed by atoms with Crippen molar-refractivity contribution in [2.75, 3.05) is 4.90 Å². The van der Waals surface area contributed by atoms with Gasteiger partial charge in [0, 0.05) is 16.9 Å². The summed E-state index contributed by atoms with van der Waals surface area (Å²) in [5, 5.41) is 7.57. The largest absolute Gasteiger partial charge is 0.310 e. The van der Waals surface area contributed by atoms with Crippen molar-refractivity contribution in [1.82, 2.24) is 0 Å². The Balaban J connectivity index is 1.19. The highest BCUT2D eigenvalue weighted by molar-refractivity contribution is 6.13. The van der Waals surface area contributed by atoms with Gasteiger partial charge in [0.05, 0.1) is 5.69 Å². The fourth-order valence-corrected chi connectivity index (χ4v) is 7.21. The van der Waals surface area contributed by atoms with Crippen LogP contribution in [0.15, 0.2) is 200 Å². The molecule has 1 nitrogen and oxygen atoms in total. The van der Waals surface area contributed by atoms with Crippen LogP contribution in [0.4, 0.5) is 17.1 Å². The van der Waals surface area contributed by atoms with Gasteiger partial charge in [-0.2, -0.15) is 0 Å². The summed E-state index contributed by atoms with van der Waals surface area (Å²) in [5.41, 5.74) is 10.6. The number of fused-ring (bicyclic) bond motifs is 4. The second-order valence-electron chi connectivity index (χ2n) is 12.6. The minimum atomic E-state index is 1.11. The number of rotatable bonds is 6. The van der Waals surface area contributed by atoms with Gasteiger partial charge in [-0.15, -0.1) is 0 Å². The number of hydrogen-bond acceptors (Lipinski definition) is 1. The molecule has 0 amide bonds. The van der Waals surface area contributed by atoms with Gasteiger partial charge in [0.1, 0.15) is 0 Å². The van der Waals surface area contributed by atoms with E-state index in [0.717, 1.165) is 17.1 Å². The molecule has 0 radical (unpaired) electrons. The van der Waals surface area contributed by atoms with Gasteiger partial charge in [-0.1, -0.05) is 158 Å². The maximum absolute atomic E-state index is 2.39. The standard InChI is InChI=1S/C48H33N/c1-2-12-34(13-3-1)36-24-28-41(29-25-36)49(48-21-11-10-18-44(48)40-23-22-35-14-4-5-15-38(35)32-40)42-30-26-37(27-31-42)47-33-39-16-6-7-17-43(39)45-19-8-9-20-46(45)47/h1-33H. The fraction of sp³-hybridized carbons (Fsp3) is 0. The average Bonchev–Trinajstić information content (AvgIpc) is 3.19. The lowest BCUT2D eigenvalue weighted by Gasteiger charge is -2.28. The third-order valence-electron chi connectivity index (χ3n) is 9.64. The first-order chi connectivity index (χ1) is 24.3. The van der Waals surface area contributed by atoms with Crippen molar-refractivity contribution in [1.29, 1.82) is 0 Å². The summed E-state index contributed by atoms with van der Waals surface area (Å²) in [5.74, 6) is 0. The van der Waals surface area contributed by atoms with E-state index in [9.17, 15) is 0 Å². The quantitative estimate of drug-likeness (QED) is 0.167. The second kappa shape index (κ2) is 12.3. The molecule has 0 unspecified atom stereocenters. The van der Waals surface area contributed by atoms with Crippen LogP contribution in [-0.4, -0.2) is 0 Å². The molecule has 1 heteroatoms. The van der Waals surface area contributed by atoms with Gasteiger partial charge in [0.2, 0.25) is 0 Å². The summed E-state index contributed by atoms with van der Waals surface area (Å²) in [7, 11) is 0. The van der Waals surface area contributed by atoms with Crippen molar-refractivity contribution >= 4 is 49.4 Å². The monoisotopic (exact) mass is 623 g/mol. The van der Waals surface area contributed by atoms with Crippen molar-refractivity contribution in [2.24, 2.45) is 0 Å². The van der Waals surface area contributed by atoms with E-state index in [1.165, 1.54) is 65.7 Å². The summed E-state index contributed by atoms with van der Waals surface area (Å²) < 4.78 is 0. The van der Waals surface area contributed by atoms with Crippen LogP contribution in [0, 0.1) is 0 Å². The zero-order chi connectivity index (χ0) is 32.6. The Morgan fingerprint density at radius 2 is 0.796 bits per heavy atom. The number of benzene rings is 9. The SMILES string of the molecule is c1ccc(-c2ccc(N(c3ccc(-c4cc5ccccc5c5ccccc45)cc3)c3ccccc3-c3ccc4ccccc4c3)cc2)cc1. The molecule has 0 saturated heterocycles. The number of nitrogens with zero attached hydrogens (tertiary/aromatic N) is 1. The van der Waals surface area contributed by atoms with E-state index in [0.29, 0.717) is 0 Å². The Hall–Kier alpha value is -6.44. The molecular formula is C48H33N. The van der Waals surface area contributed by atoms with Crippen LogP contribution in [0.2, 0.25) is 0 Å². The van der Waals surface area contributed by atoms with E-state index < -0.39 is 0 Å². The maximum Gasteiger partial charge on any atom is 0.0540 e. The van der Waals surface area contributed by atoms with Crippen LogP contribution in [-0.2, 0) is 0 Å². The zero-order valence-corrected chi connectivity index (χ0v) is 27.0. The second-order valence-corrected chi connectivity index (χ2v) is 12.6. The van der Waals surface area contributed by atoms with Crippen LogP contribution in [0.3, 0.4) is 0 Å².